The number of sulfonamides is 1. The number of amides is 1. The molecule has 0 aliphatic carbocycles. The average molecular weight is 497 g/mol. The summed E-state index contributed by atoms with van der Waals surface area (Å²) in [6.07, 6.45) is 3.99. The van der Waals surface area contributed by atoms with Crippen LogP contribution in [0.25, 0.3) is 11.0 Å². The molecule has 35 heavy (non-hydrogen) atoms. The minimum absolute atomic E-state index is 0.164. The van der Waals surface area contributed by atoms with Crippen LogP contribution in [0, 0.1) is 0 Å². The third kappa shape index (κ3) is 5.18. The molecule has 0 atom stereocenters. The van der Waals surface area contributed by atoms with Gasteiger partial charge in [0.25, 0.3) is 0 Å². The number of nitrogens with zero attached hydrogens (tertiary/aromatic N) is 6. The van der Waals surface area contributed by atoms with Crippen LogP contribution in [0.4, 0.5) is 5.69 Å². The number of benzene rings is 2. The molecule has 0 radical (unpaired) electrons. The van der Waals surface area contributed by atoms with Gasteiger partial charge in [-0.05, 0) is 49.6 Å². The van der Waals surface area contributed by atoms with Crippen LogP contribution >= 0.6 is 0 Å². The highest BCUT2D eigenvalue weighted by Crippen LogP contribution is 2.24. The summed E-state index contributed by atoms with van der Waals surface area (Å²) in [6, 6.07) is 15.3. The van der Waals surface area contributed by atoms with Crippen LogP contribution in [0.5, 0.6) is 0 Å². The zero-order valence-electron chi connectivity index (χ0n) is 19.9. The molecule has 0 unspecified atom stereocenters. The number of fused-ring (bicyclic) bond motifs is 1. The van der Waals surface area contributed by atoms with Gasteiger partial charge in [0.2, 0.25) is 15.9 Å². The lowest BCUT2D eigenvalue weighted by atomic mass is 10.2. The van der Waals surface area contributed by atoms with Gasteiger partial charge in [-0.15, -0.1) is 5.10 Å². The van der Waals surface area contributed by atoms with Gasteiger partial charge in [0.15, 0.2) is 0 Å². The smallest absolute Gasteiger partial charge is 0.243 e. The molecule has 3 aromatic rings. The number of piperidine rings is 1. The van der Waals surface area contributed by atoms with Crippen LogP contribution in [0.2, 0.25) is 0 Å². The van der Waals surface area contributed by atoms with Crippen LogP contribution in [0.1, 0.15) is 32.1 Å². The fraction of sp³-hybridized carbons (Fsp3) is 0.480. The monoisotopic (exact) mass is 496 g/mol. The van der Waals surface area contributed by atoms with Crippen LogP contribution in [-0.4, -0.2) is 77.8 Å². The molecule has 1 aromatic heterocycles. The highest BCUT2D eigenvalue weighted by molar-refractivity contribution is 7.89. The number of para-hydroxylation sites is 1. The average Bonchev–Trinajstić information content (AvgIpc) is 3.32. The van der Waals surface area contributed by atoms with E-state index in [0.717, 1.165) is 51.0 Å². The van der Waals surface area contributed by atoms with E-state index >= 15 is 0 Å². The Kier molecular flexibility index (Phi) is 7.01. The zero-order chi connectivity index (χ0) is 24.3. The molecule has 2 saturated heterocycles. The Bertz CT molecular complexity index is 1260. The zero-order valence-corrected chi connectivity index (χ0v) is 20.7. The normalized spacial score (nSPS) is 17.7. The lowest BCUT2D eigenvalue weighted by Crippen LogP contribution is -2.48. The number of hydrogen-bond acceptors (Lipinski definition) is 6. The van der Waals surface area contributed by atoms with Crippen molar-refractivity contribution in [3.63, 3.8) is 0 Å². The highest BCUT2D eigenvalue weighted by Gasteiger charge is 2.26. The number of carbonyl (C=O) groups is 1. The van der Waals surface area contributed by atoms with Crippen molar-refractivity contribution >= 4 is 32.7 Å². The van der Waals surface area contributed by atoms with E-state index in [-0.39, 0.29) is 10.8 Å². The first-order valence-corrected chi connectivity index (χ1v) is 13.9. The van der Waals surface area contributed by atoms with E-state index in [4.69, 9.17) is 0 Å². The topological polar surface area (TPSA) is 91.6 Å². The Morgan fingerprint density at radius 1 is 0.886 bits per heavy atom. The number of anilines is 1. The number of aryl methyl sites for hydroxylation is 1. The number of carbonyl (C=O) groups excluding carboxylic acids is 1. The van der Waals surface area contributed by atoms with E-state index in [1.165, 1.54) is 5.69 Å². The van der Waals surface area contributed by atoms with Gasteiger partial charge in [-0.3, -0.25) is 4.79 Å². The molecule has 0 saturated carbocycles. The summed E-state index contributed by atoms with van der Waals surface area (Å²) in [5.41, 5.74) is 2.54. The van der Waals surface area contributed by atoms with Gasteiger partial charge in [-0.2, -0.15) is 4.31 Å². The van der Waals surface area contributed by atoms with Crippen molar-refractivity contribution in [1.29, 1.82) is 0 Å². The lowest BCUT2D eigenvalue weighted by Gasteiger charge is -2.36. The summed E-state index contributed by atoms with van der Waals surface area (Å²) in [6.45, 7) is 4.84. The molecule has 2 aliphatic rings. The molecule has 5 rings (SSSR count). The van der Waals surface area contributed by atoms with Gasteiger partial charge < -0.3 is 9.80 Å². The maximum absolute atomic E-state index is 13.0. The number of piperazine rings is 1. The maximum Gasteiger partial charge on any atom is 0.243 e. The van der Waals surface area contributed by atoms with Crippen molar-refractivity contribution in [3.8, 4) is 0 Å². The minimum atomic E-state index is -3.50. The molecule has 2 aliphatic heterocycles. The van der Waals surface area contributed by atoms with Gasteiger partial charge >= 0.3 is 0 Å². The first kappa shape index (κ1) is 23.7. The number of hydrogen-bond donors (Lipinski definition) is 0. The predicted molar refractivity (Wildman–Crippen MR) is 135 cm³/mol. The van der Waals surface area contributed by atoms with Gasteiger partial charge in [0.1, 0.15) is 5.52 Å². The van der Waals surface area contributed by atoms with E-state index in [1.807, 2.05) is 23.1 Å². The Morgan fingerprint density at radius 2 is 1.63 bits per heavy atom. The lowest BCUT2D eigenvalue weighted by molar-refractivity contribution is -0.131. The summed E-state index contributed by atoms with van der Waals surface area (Å²) in [7, 11) is -3.50. The molecular formula is C25H32N6O3S. The molecule has 0 N–H and O–H groups in total. The molecule has 186 valence electrons. The third-order valence-corrected chi connectivity index (χ3v) is 8.85. The Labute approximate surface area is 206 Å². The second kappa shape index (κ2) is 10.3. The Morgan fingerprint density at radius 3 is 2.37 bits per heavy atom. The second-order valence-electron chi connectivity index (χ2n) is 9.23. The third-order valence-electron chi connectivity index (χ3n) is 6.95. The van der Waals surface area contributed by atoms with E-state index in [0.29, 0.717) is 38.0 Å². The summed E-state index contributed by atoms with van der Waals surface area (Å²) in [5.74, 6) is 0.164. The molecule has 0 spiro atoms. The van der Waals surface area contributed by atoms with Crippen molar-refractivity contribution in [3.05, 3.63) is 48.5 Å². The molecule has 2 aromatic carbocycles. The summed E-state index contributed by atoms with van der Waals surface area (Å²) in [5, 5.41) is 8.40. The number of aromatic nitrogens is 3. The molecule has 9 nitrogen and oxygen atoms in total. The number of rotatable bonds is 7. The van der Waals surface area contributed by atoms with Gasteiger partial charge in [0, 0.05) is 57.9 Å². The standard InChI is InChI=1S/C25H32N6O3S/c32-25(29-18-16-28(17-19-29)21-8-3-1-4-9-21)10-7-15-31-24-12-11-22(20-23(24)26-27-31)35(33,34)30-13-5-2-6-14-30/h1,3-4,8-9,11-12,20H,2,5-7,10,13-19H2. The molecule has 0 bridgehead atoms. The summed E-state index contributed by atoms with van der Waals surface area (Å²) in [4.78, 5) is 17.2. The minimum Gasteiger partial charge on any atom is -0.368 e. The summed E-state index contributed by atoms with van der Waals surface area (Å²) >= 11 is 0. The van der Waals surface area contributed by atoms with Gasteiger partial charge in [-0.25, -0.2) is 13.1 Å². The van der Waals surface area contributed by atoms with Crippen LogP contribution in [-0.2, 0) is 21.4 Å². The van der Waals surface area contributed by atoms with E-state index in [2.05, 4.69) is 27.3 Å². The van der Waals surface area contributed by atoms with Crippen molar-refractivity contribution in [2.75, 3.05) is 44.2 Å². The van der Waals surface area contributed by atoms with Crippen molar-refractivity contribution in [2.45, 2.75) is 43.5 Å². The Balaban J connectivity index is 1.15. The van der Waals surface area contributed by atoms with Crippen LogP contribution in [0.3, 0.4) is 0 Å². The van der Waals surface area contributed by atoms with Gasteiger partial charge in [-0.1, -0.05) is 29.8 Å². The van der Waals surface area contributed by atoms with E-state index < -0.39 is 10.0 Å². The molecule has 10 heteroatoms. The van der Waals surface area contributed by atoms with Crippen LogP contribution < -0.4 is 4.90 Å². The largest absolute Gasteiger partial charge is 0.368 e. The first-order valence-electron chi connectivity index (χ1n) is 12.4. The summed E-state index contributed by atoms with van der Waals surface area (Å²) < 4.78 is 29.2. The SMILES string of the molecule is O=C(CCCn1nnc2cc(S(=O)(=O)N3CCCCC3)ccc21)N1CCN(c2ccccc2)CC1. The quantitative estimate of drug-likeness (QED) is 0.500. The molecule has 2 fully saturated rings. The second-order valence-corrected chi connectivity index (χ2v) is 11.2. The Hall–Kier alpha value is -2.98. The van der Waals surface area contributed by atoms with Crippen LogP contribution in [0.15, 0.2) is 53.4 Å². The molecule has 3 heterocycles. The molecular weight excluding hydrogens is 464 g/mol. The van der Waals surface area contributed by atoms with Crippen molar-refractivity contribution in [2.24, 2.45) is 0 Å². The van der Waals surface area contributed by atoms with E-state index in [9.17, 15) is 13.2 Å². The van der Waals surface area contributed by atoms with E-state index in [1.54, 1.807) is 27.2 Å². The predicted octanol–water partition coefficient (Wildman–Crippen LogP) is 2.73. The fourth-order valence-corrected chi connectivity index (χ4v) is 6.46. The first-order chi connectivity index (χ1) is 17.0. The molecule has 1 amide bonds. The fourth-order valence-electron chi connectivity index (χ4n) is 4.92. The van der Waals surface area contributed by atoms with Crippen molar-refractivity contribution < 1.29 is 13.2 Å². The highest BCUT2D eigenvalue weighted by atomic mass is 32.2. The van der Waals surface area contributed by atoms with Crippen molar-refractivity contribution in [1.82, 2.24) is 24.2 Å². The van der Waals surface area contributed by atoms with Gasteiger partial charge in [0.05, 0.1) is 10.4 Å². The maximum atomic E-state index is 13.0.